The van der Waals surface area contributed by atoms with Crippen molar-refractivity contribution in [2.24, 2.45) is 0 Å². The molecule has 0 fully saturated rings. The molecule has 0 saturated carbocycles. The Labute approximate surface area is 196 Å². The predicted octanol–water partition coefficient (Wildman–Crippen LogP) is 4.65. The van der Waals surface area contributed by atoms with E-state index in [4.69, 9.17) is 4.98 Å². The van der Waals surface area contributed by atoms with Crippen LogP contribution in [0.25, 0.3) is 11.6 Å². The molecule has 7 heteroatoms. The topological polar surface area (TPSA) is 77.7 Å². The first kappa shape index (κ1) is 21.0. The van der Waals surface area contributed by atoms with Crippen molar-refractivity contribution >= 4 is 39.3 Å². The van der Waals surface area contributed by atoms with Crippen molar-refractivity contribution in [3.05, 3.63) is 81.7 Å². The number of H-pyrrole nitrogens is 1. The Balaban J connectivity index is 1.25. The molecule has 2 aliphatic rings. The maximum atomic E-state index is 4.71. The molecule has 164 valence electrons. The van der Waals surface area contributed by atoms with E-state index in [1.165, 1.54) is 28.0 Å². The van der Waals surface area contributed by atoms with Crippen LogP contribution in [0.1, 0.15) is 28.8 Å². The van der Waals surface area contributed by atoms with Crippen molar-refractivity contribution < 1.29 is 0 Å². The third kappa shape index (κ3) is 4.79. The predicted molar refractivity (Wildman–Crippen MR) is 135 cm³/mol. The van der Waals surface area contributed by atoms with Crippen LogP contribution in [0, 0.1) is 0 Å². The minimum Gasteiger partial charge on any atom is -0.369 e. The lowest BCUT2D eigenvalue weighted by molar-refractivity contribution is 0.737. The number of rotatable bonds is 7. The van der Waals surface area contributed by atoms with Crippen LogP contribution in [0.4, 0.5) is 11.8 Å². The van der Waals surface area contributed by atoms with Crippen LogP contribution in [0.15, 0.2) is 59.4 Å². The molecule has 4 N–H and O–H groups in total. The summed E-state index contributed by atoms with van der Waals surface area (Å²) in [6.45, 7) is 2.79. The Morgan fingerprint density at radius 3 is 2.94 bits per heavy atom. The lowest BCUT2D eigenvalue weighted by Gasteiger charge is -2.21. The van der Waals surface area contributed by atoms with Gasteiger partial charge in [0.1, 0.15) is 5.82 Å². The lowest BCUT2D eigenvalue weighted by atomic mass is 9.91. The van der Waals surface area contributed by atoms with Gasteiger partial charge in [0.05, 0.1) is 10.5 Å². The number of aromatic nitrogens is 3. The molecule has 3 heterocycles. The summed E-state index contributed by atoms with van der Waals surface area (Å²) < 4.78 is 0.864. The smallest absolute Gasteiger partial charge is 0.225 e. The molecule has 32 heavy (non-hydrogen) atoms. The molecule has 1 aromatic carbocycles. The highest BCUT2D eigenvalue weighted by molar-refractivity contribution is 9.10. The first-order valence-electron chi connectivity index (χ1n) is 11.1. The first-order valence-corrected chi connectivity index (χ1v) is 11.9. The minimum atomic E-state index is 0.151. The monoisotopic (exact) mass is 490 g/mol. The van der Waals surface area contributed by atoms with Gasteiger partial charge in [0.2, 0.25) is 5.95 Å². The summed E-state index contributed by atoms with van der Waals surface area (Å²) in [6.07, 6.45) is 13.5. The van der Waals surface area contributed by atoms with Crippen LogP contribution in [0.3, 0.4) is 0 Å². The molecule has 1 aliphatic heterocycles. The summed E-state index contributed by atoms with van der Waals surface area (Å²) in [6, 6.07) is 10.6. The lowest BCUT2D eigenvalue weighted by Crippen LogP contribution is -2.25. The molecule has 0 saturated heterocycles. The number of hydrogen-bond acceptors (Lipinski definition) is 5. The van der Waals surface area contributed by atoms with Gasteiger partial charge in [-0.2, -0.15) is 4.98 Å². The molecular weight excluding hydrogens is 464 g/mol. The fourth-order valence-corrected chi connectivity index (χ4v) is 4.62. The van der Waals surface area contributed by atoms with Crippen LogP contribution in [0.2, 0.25) is 0 Å². The van der Waals surface area contributed by atoms with Gasteiger partial charge in [-0.1, -0.05) is 42.5 Å². The summed E-state index contributed by atoms with van der Waals surface area (Å²) in [5.74, 6) is 1.44. The van der Waals surface area contributed by atoms with E-state index in [2.05, 4.69) is 90.5 Å². The van der Waals surface area contributed by atoms with Crippen LogP contribution in [-0.2, 0) is 12.8 Å². The van der Waals surface area contributed by atoms with Crippen molar-refractivity contribution in [1.29, 1.82) is 0 Å². The van der Waals surface area contributed by atoms with E-state index in [1.807, 2.05) is 6.07 Å². The van der Waals surface area contributed by atoms with Gasteiger partial charge in [-0.15, -0.1) is 0 Å². The number of halogens is 1. The SMILES string of the molecule is Brc1cnc(NC2C=Cc3[nH]cc(C4=CCNCC4)c3C2)nc1NCCc1ccccc1. The highest BCUT2D eigenvalue weighted by Gasteiger charge is 2.21. The van der Waals surface area contributed by atoms with Gasteiger partial charge in [0.15, 0.2) is 0 Å². The summed E-state index contributed by atoms with van der Waals surface area (Å²) in [4.78, 5) is 12.6. The maximum absolute atomic E-state index is 4.71. The number of hydrogen-bond donors (Lipinski definition) is 4. The summed E-state index contributed by atoms with van der Waals surface area (Å²) >= 11 is 3.57. The first-order chi connectivity index (χ1) is 15.8. The van der Waals surface area contributed by atoms with Crippen molar-refractivity contribution in [2.45, 2.75) is 25.3 Å². The van der Waals surface area contributed by atoms with Gasteiger partial charge < -0.3 is 20.9 Å². The average Bonchev–Trinajstić information content (AvgIpc) is 3.26. The van der Waals surface area contributed by atoms with E-state index in [-0.39, 0.29) is 6.04 Å². The van der Waals surface area contributed by atoms with E-state index in [1.54, 1.807) is 6.20 Å². The third-order valence-electron chi connectivity index (χ3n) is 5.96. The van der Waals surface area contributed by atoms with Crippen molar-refractivity contribution in [1.82, 2.24) is 20.3 Å². The van der Waals surface area contributed by atoms with Crippen molar-refractivity contribution in [2.75, 3.05) is 30.3 Å². The second kappa shape index (κ2) is 9.71. The van der Waals surface area contributed by atoms with Gasteiger partial charge >= 0.3 is 0 Å². The zero-order chi connectivity index (χ0) is 21.8. The fourth-order valence-electron chi connectivity index (χ4n) is 4.29. The standard InChI is InChI=1S/C25H27BrN6/c26-22-16-30-25(32-24(22)28-13-8-17-4-2-1-3-5-17)31-19-6-7-23-20(14-19)21(15-29-23)18-9-11-27-12-10-18/h1-7,9,15-16,19,27,29H,8,10-14H2,(H2,28,30,31,32). The second-order valence-electron chi connectivity index (χ2n) is 8.14. The Morgan fingerprint density at radius 2 is 2.09 bits per heavy atom. The molecule has 2 aromatic heterocycles. The molecule has 0 spiro atoms. The zero-order valence-corrected chi connectivity index (χ0v) is 19.5. The molecule has 1 aliphatic carbocycles. The van der Waals surface area contributed by atoms with Gasteiger partial charge in [0.25, 0.3) is 0 Å². The molecule has 6 nitrogen and oxygen atoms in total. The highest BCUT2D eigenvalue weighted by Crippen LogP contribution is 2.31. The molecular formula is C25H27BrN6. The number of nitrogens with zero attached hydrogens (tertiary/aromatic N) is 2. The van der Waals surface area contributed by atoms with Gasteiger partial charge in [-0.05, 0) is 70.1 Å². The van der Waals surface area contributed by atoms with Crippen molar-refractivity contribution in [3.63, 3.8) is 0 Å². The van der Waals surface area contributed by atoms with Crippen LogP contribution >= 0.6 is 15.9 Å². The van der Waals surface area contributed by atoms with E-state index < -0.39 is 0 Å². The molecule has 3 aromatic rings. The Morgan fingerprint density at radius 1 is 1.19 bits per heavy atom. The van der Waals surface area contributed by atoms with E-state index in [0.717, 1.165) is 49.2 Å². The maximum Gasteiger partial charge on any atom is 0.225 e. The number of aromatic amines is 1. The number of anilines is 2. The van der Waals surface area contributed by atoms with Crippen LogP contribution in [-0.4, -0.2) is 40.6 Å². The molecule has 1 atom stereocenters. The van der Waals surface area contributed by atoms with E-state index >= 15 is 0 Å². The highest BCUT2D eigenvalue weighted by atomic mass is 79.9. The molecule has 5 rings (SSSR count). The summed E-state index contributed by atoms with van der Waals surface area (Å²) in [5.41, 5.74) is 6.66. The minimum absolute atomic E-state index is 0.151. The molecule has 0 bridgehead atoms. The molecule has 0 amide bonds. The summed E-state index contributed by atoms with van der Waals surface area (Å²) in [5, 5.41) is 10.3. The van der Waals surface area contributed by atoms with Crippen LogP contribution < -0.4 is 16.0 Å². The Bertz CT molecular complexity index is 1130. The Kier molecular flexibility index (Phi) is 6.36. The van der Waals surface area contributed by atoms with E-state index in [9.17, 15) is 0 Å². The molecule has 0 radical (unpaired) electrons. The quantitative estimate of drug-likeness (QED) is 0.387. The number of fused-ring (bicyclic) bond motifs is 1. The summed E-state index contributed by atoms with van der Waals surface area (Å²) in [7, 11) is 0. The zero-order valence-electron chi connectivity index (χ0n) is 17.9. The van der Waals surface area contributed by atoms with Crippen molar-refractivity contribution in [3.8, 4) is 0 Å². The average molecular weight is 491 g/mol. The van der Waals surface area contributed by atoms with Crippen LogP contribution in [0.5, 0.6) is 0 Å². The fraction of sp³-hybridized carbons (Fsp3) is 0.280. The van der Waals surface area contributed by atoms with Gasteiger partial charge in [0, 0.05) is 31.2 Å². The normalized spacial score (nSPS) is 17.5. The van der Waals surface area contributed by atoms with E-state index in [0.29, 0.717) is 5.95 Å². The Hall–Kier alpha value is -2.90. The largest absolute Gasteiger partial charge is 0.369 e. The molecule has 1 unspecified atom stereocenters. The second-order valence-corrected chi connectivity index (χ2v) is 9.00. The van der Waals surface area contributed by atoms with Gasteiger partial charge in [-0.3, -0.25) is 0 Å². The third-order valence-corrected chi connectivity index (χ3v) is 6.54. The number of nitrogens with one attached hydrogen (secondary N) is 4. The number of benzene rings is 1. The van der Waals surface area contributed by atoms with Gasteiger partial charge in [-0.25, -0.2) is 4.98 Å².